The molecule has 2 saturated carbocycles. The molecule has 150 valence electrons. The van der Waals surface area contributed by atoms with Crippen molar-refractivity contribution < 1.29 is 19.2 Å². The predicted octanol–water partition coefficient (Wildman–Crippen LogP) is 2.37. The molecule has 29 heavy (non-hydrogen) atoms. The summed E-state index contributed by atoms with van der Waals surface area (Å²) in [7, 11) is 0. The van der Waals surface area contributed by atoms with Gasteiger partial charge in [-0.25, -0.2) is 24.2 Å². The summed E-state index contributed by atoms with van der Waals surface area (Å²) in [6, 6.07) is -0.775. The first-order chi connectivity index (χ1) is 13.8. The number of aliphatic imine (C=N–C) groups is 4. The fourth-order valence-electron chi connectivity index (χ4n) is 6.36. The number of hydrogen-bond donors (Lipinski definition) is 0. The van der Waals surface area contributed by atoms with Gasteiger partial charge in [0.25, 0.3) is 0 Å². The molecule has 6 unspecified atom stereocenters. The Balaban J connectivity index is 2.24. The summed E-state index contributed by atoms with van der Waals surface area (Å²) in [5.41, 5.74) is -2.81. The van der Waals surface area contributed by atoms with Crippen LogP contribution in [0.5, 0.6) is 0 Å². The molecule has 8 heteroatoms. The molecule has 0 amide bonds. The predicted molar refractivity (Wildman–Crippen MR) is 103 cm³/mol. The van der Waals surface area contributed by atoms with Crippen LogP contribution >= 0.6 is 0 Å². The van der Waals surface area contributed by atoms with Crippen molar-refractivity contribution in [1.82, 2.24) is 0 Å². The third-order valence-corrected chi connectivity index (χ3v) is 6.63. The van der Waals surface area contributed by atoms with Crippen molar-refractivity contribution in [2.75, 3.05) is 6.54 Å². The average Bonchev–Trinajstić information content (AvgIpc) is 3.30. The highest BCUT2D eigenvalue weighted by atomic mass is 16.1. The lowest BCUT2D eigenvalue weighted by Crippen LogP contribution is -2.43. The second kappa shape index (κ2) is 7.11. The maximum Gasteiger partial charge on any atom is 0.235 e. The molecule has 0 aromatic heterocycles. The average molecular weight is 394 g/mol. The van der Waals surface area contributed by atoms with Crippen LogP contribution in [-0.2, 0) is 19.2 Å². The van der Waals surface area contributed by atoms with E-state index in [4.69, 9.17) is 0 Å². The second-order valence-corrected chi connectivity index (χ2v) is 9.23. The lowest BCUT2D eigenvalue weighted by molar-refractivity contribution is 0.0830. The molecule has 0 bridgehead atoms. The van der Waals surface area contributed by atoms with Crippen molar-refractivity contribution in [2.24, 2.45) is 42.6 Å². The minimum Gasteiger partial charge on any atom is -0.211 e. The molecule has 0 aromatic rings. The molecule has 0 aromatic carbocycles. The Morgan fingerprint density at radius 1 is 0.897 bits per heavy atom. The van der Waals surface area contributed by atoms with Crippen LogP contribution in [0.4, 0.5) is 0 Å². The molecule has 3 rings (SSSR count). The first kappa shape index (κ1) is 20.7. The van der Waals surface area contributed by atoms with Gasteiger partial charge in [-0.15, -0.1) is 0 Å². The molecular weight excluding hydrogens is 372 g/mol. The highest BCUT2D eigenvalue weighted by Gasteiger charge is 2.80. The Morgan fingerprint density at radius 2 is 1.62 bits per heavy atom. The standard InChI is InChI=1S/C21H22N4O4/c1-18(2)8-19(3,10-22-11-26)16-17(21(16,9-18)25-14-29)20(24-13-28)7-5-4-6-15(20)23-12-27/h4-7,15-17H,8-10H2,1-3H3. The van der Waals surface area contributed by atoms with E-state index >= 15 is 0 Å². The topological polar surface area (TPSA) is 118 Å². The zero-order valence-electron chi connectivity index (χ0n) is 16.6. The van der Waals surface area contributed by atoms with E-state index in [1.165, 1.54) is 0 Å². The van der Waals surface area contributed by atoms with Gasteiger partial charge in [-0.1, -0.05) is 45.1 Å². The Hall–Kier alpha value is -3.00. The van der Waals surface area contributed by atoms with E-state index in [2.05, 4.69) is 33.8 Å². The van der Waals surface area contributed by atoms with Crippen LogP contribution in [0.3, 0.4) is 0 Å². The van der Waals surface area contributed by atoms with Gasteiger partial charge < -0.3 is 0 Å². The van der Waals surface area contributed by atoms with Crippen molar-refractivity contribution in [3.05, 3.63) is 24.3 Å². The molecular formula is C21H22N4O4. The maximum absolute atomic E-state index is 11.4. The van der Waals surface area contributed by atoms with Gasteiger partial charge >= 0.3 is 0 Å². The SMILES string of the molecule is CC1(C)CC(C)(CN=C=O)C2C(C3(N=C=O)C=CC=CC3N=C=O)C2(N=C=O)C1. The van der Waals surface area contributed by atoms with Crippen molar-refractivity contribution in [3.63, 3.8) is 0 Å². The molecule has 0 radical (unpaired) electrons. The van der Waals surface area contributed by atoms with Gasteiger partial charge in [-0.2, -0.15) is 15.0 Å². The van der Waals surface area contributed by atoms with Crippen molar-refractivity contribution in [1.29, 1.82) is 0 Å². The van der Waals surface area contributed by atoms with Crippen LogP contribution in [0.25, 0.3) is 0 Å². The van der Waals surface area contributed by atoms with Crippen molar-refractivity contribution >= 4 is 24.3 Å². The number of hydrogen-bond acceptors (Lipinski definition) is 8. The Kier molecular flexibility index (Phi) is 5.08. The van der Waals surface area contributed by atoms with Crippen LogP contribution in [-0.4, -0.2) is 48.0 Å². The second-order valence-electron chi connectivity index (χ2n) is 9.23. The van der Waals surface area contributed by atoms with Gasteiger partial charge in [0.2, 0.25) is 24.3 Å². The highest BCUT2D eigenvalue weighted by molar-refractivity contribution is 5.51. The first-order valence-electron chi connectivity index (χ1n) is 9.40. The molecule has 0 N–H and O–H groups in total. The number of nitrogens with zero attached hydrogens (tertiary/aromatic N) is 4. The van der Waals surface area contributed by atoms with Gasteiger partial charge in [0.15, 0.2) is 0 Å². The summed E-state index contributed by atoms with van der Waals surface area (Å²) >= 11 is 0. The van der Waals surface area contributed by atoms with E-state index < -0.39 is 28.5 Å². The van der Waals surface area contributed by atoms with Crippen LogP contribution in [0.2, 0.25) is 0 Å². The fourth-order valence-corrected chi connectivity index (χ4v) is 6.36. The van der Waals surface area contributed by atoms with Gasteiger partial charge in [-0.05, 0) is 23.7 Å². The number of carbonyl (C=O) groups excluding carboxylic acids is 4. The molecule has 0 saturated heterocycles. The lowest BCUT2D eigenvalue weighted by atomic mass is 9.62. The minimum atomic E-state index is -1.23. The van der Waals surface area contributed by atoms with Gasteiger partial charge in [0.1, 0.15) is 11.6 Å². The smallest absolute Gasteiger partial charge is 0.211 e. The summed E-state index contributed by atoms with van der Waals surface area (Å²) in [6.45, 7) is 6.33. The molecule has 3 aliphatic carbocycles. The molecule has 6 atom stereocenters. The van der Waals surface area contributed by atoms with E-state index in [9.17, 15) is 19.2 Å². The summed E-state index contributed by atoms with van der Waals surface area (Å²) < 4.78 is 0. The van der Waals surface area contributed by atoms with Crippen molar-refractivity contribution in [3.8, 4) is 0 Å². The Bertz CT molecular complexity index is 961. The lowest BCUT2D eigenvalue weighted by Gasteiger charge is -2.43. The van der Waals surface area contributed by atoms with E-state index in [1.54, 1.807) is 48.6 Å². The molecule has 0 aliphatic heterocycles. The Labute approximate surface area is 168 Å². The third-order valence-electron chi connectivity index (χ3n) is 6.63. The zero-order chi connectivity index (χ0) is 21.3. The van der Waals surface area contributed by atoms with Gasteiger partial charge in [0, 0.05) is 11.8 Å². The largest absolute Gasteiger partial charge is 0.235 e. The molecule has 8 nitrogen and oxygen atoms in total. The number of fused-ring (bicyclic) bond motifs is 1. The molecule has 2 fully saturated rings. The Morgan fingerprint density at radius 3 is 2.24 bits per heavy atom. The normalized spacial score (nSPS) is 40.9. The van der Waals surface area contributed by atoms with Crippen LogP contribution in [0.1, 0.15) is 33.6 Å². The third kappa shape index (κ3) is 3.13. The van der Waals surface area contributed by atoms with E-state index in [-0.39, 0.29) is 17.9 Å². The summed E-state index contributed by atoms with van der Waals surface area (Å²) in [4.78, 5) is 60.8. The highest BCUT2D eigenvalue weighted by Crippen LogP contribution is 2.75. The zero-order valence-corrected chi connectivity index (χ0v) is 16.6. The summed E-state index contributed by atoms with van der Waals surface area (Å²) in [5, 5.41) is 0. The maximum atomic E-state index is 11.4. The monoisotopic (exact) mass is 394 g/mol. The van der Waals surface area contributed by atoms with E-state index in [0.717, 1.165) is 6.42 Å². The van der Waals surface area contributed by atoms with E-state index in [0.29, 0.717) is 6.42 Å². The summed E-state index contributed by atoms with van der Waals surface area (Å²) in [5.74, 6) is -0.644. The summed E-state index contributed by atoms with van der Waals surface area (Å²) in [6.07, 6.45) is 14.6. The van der Waals surface area contributed by atoms with Crippen LogP contribution in [0, 0.1) is 22.7 Å². The molecule has 3 aliphatic rings. The van der Waals surface area contributed by atoms with Crippen LogP contribution < -0.4 is 0 Å². The number of rotatable bonds is 6. The fraction of sp³-hybridized carbons (Fsp3) is 0.619. The number of isocyanates is 4. The first-order valence-corrected chi connectivity index (χ1v) is 9.40. The quantitative estimate of drug-likeness (QED) is 0.507. The minimum absolute atomic E-state index is 0.208. The number of allylic oxidation sites excluding steroid dienone is 2. The van der Waals surface area contributed by atoms with E-state index in [1.807, 2.05) is 6.92 Å². The van der Waals surface area contributed by atoms with Crippen molar-refractivity contribution in [2.45, 2.75) is 50.7 Å². The molecule has 0 heterocycles. The molecule has 0 spiro atoms. The van der Waals surface area contributed by atoms with Gasteiger partial charge in [-0.3, -0.25) is 0 Å². The van der Waals surface area contributed by atoms with Gasteiger partial charge in [0.05, 0.1) is 12.1 Å². The van der Waals surface area contributed by atoms with Crippen LogP contribution in [0.15, 0.2) is 44.3 Å².